The molecular formula is C30H35NO14S. The molecule has 0 unspecified atom stereocenters. The zero-order valence-corrected chi connectivity index (χ0v) is 25.7. The number of fused-ring (bicyclic) bond motifs is 3. The fourth-order valence-electron chi connectivity index (χ4n) is 5.90. The van der Waals surface area contributed by atoms with Gasteiger partial charge in [-0.3, -0.25) is 18.9 Å². The zero-order valence-electron chi connectivity index (χ0n) is 24.9. The number of aliphatic hydroxyl groups excluding tert-OH is 2. The highest BCUT2D eigenvalue weighted by Crippen LogP contribution is 2.52. The van der Waals surface area contributed by atoms with Crippen LogP contribution in [0.25, 0.3) is 0 Å². The monoisotopic (exact) mass is 665 g/mol. The maximum Gasteiger partial charge on any atom is 0.268 e. The quantitative estimate of drug-likeness (QED) is 0.1000. The lowest BCUT2D eigenvalue weighted by atomic mass is 9.72. The van der Waals surface area contributed by atoms with Crippen LogP contribution in [0.4, 0.5) is 0 Å². The number of carbonyl (C=O) groups excluding carboxylic acids is 3. The maximum absolute atomic E-state index is 13.6. The van der Waals surface area contributed by atoms with Gasteiger partial charge in [0.15, 0.2) is 17.9 Å². The van der Waals surface area contributed by atoms with Crippen molar-refractivity contribution in [1.29, 1.82) is 0 Å². The summed E-state index contributed by atoms with van der Waals surface area (Å²) < 4.78 is 44.3. The summed E-state index contributed by atoms with van der Waals surface area (Å²) >= 11 is 0. The second-order valence-electron chi connectivity index (χ2n) is 11.2. The predicted molar refractivity (Wildman–Crippen MR) is 158 cm³/mol. The van der Waals surface area contributed by atoms with Crippen LogP contribution in [0, 0.1) is 0 Å². The SMILES string of the molecule is C=CCS(=O)(=O)O.COc1cccc2c1C(=O)c1c(O)c3c(c(O)c1C2=O)C[C@@](O)(C(=O)CO)C[C@@H]3O[C@H]1C[C@H](N)[C@H](O)[C@H](C)O1. The fraction of sp³-hybridized carbons (Fsp3) is 0.433. The van der Waals surface area contributed by atoms with Crippen LogP contribution >= 0.6 is 0 Å². The van der Waals surface area contributed by atoms with Crippen molar-refractivity contribution in [3.8, 4) is 17.2 Å². The molecule has 6 atom stereocenters. The van der Waals surface area contributed by atoms with E-state index in [1.165, 1.54) is 25.3 Å². The van der Waals surface area contributed by atoms with Crippen LogP contribution in [0.15, 0.2) is 30.9 Å². The summed E-state index contributed by atoms with van der Waals surface area (Å²) in [6.45, 7) is 3.67. The van der Waals surface area contributed by atoms with Gasteiger partial charge in [-0.15, -0.1) is 6.58 Å². The van der Waals surface area contributed by atoms with E-state index in [9.17, 15) is 48.3 Å². The minimum absolute atomic E-state index is 0.0173. The Morgan fingerprint density at radius 1 is 1.17 bits per heavy atom. The number of aromatic hydroxyl groups is 2. The molecule has 3 aliphatic rings. The van der Waals surface area contributed by atoms with Crippen molar-refractivity contribution in [2.24, 2.45) is 5.73 Å². The molecule has 0 spiro atoms. The smallest absolute Gasteiger partial charge is 0.268 e. The molecule has 250 valence electrons. The molecule has 1 fully saturated rings. The molecule has 0 aromatic heterocycles. The summed E-state index contributed by atoms with van der Waals surface area (Å²) in [7, 11) is -2.47. The average molecular weight is 666 g/mol. The molecule has 16 heteroatoms. The van der Waals surface area contributed by atoms with Gasteiger partial charge in [0, 0.05) is 42.0 Å². The topological polar surface area (TPSA) is 260 Å². The largest absolute Gasteiger partial charge is 0.507 e. The molecule has 1 heterocycles. The second-order valence-corrected chi connectivity index (χ2v) is 12.7. The molecule has 2 aromatic rings. The molecule has 0 radical (unpaired) electrons. The van der Waals surface area contributed by atoms with Gasteiger partial charge < -0.3 is 45.5 Å². The summed E-state index contributed by atoms with van der Waals surface area (Å²) in [4.78, 5) is 39.7. The molecular weight excluding hydrogens is 630 g/mol. The van der Waals surface area contributed by atoms with Gasteiger partial charge in [0.1, 0.15) is 29.5 Å². The standard InChI is InChI=1S/C27H29NO11.C3H6O3S/c1-10-22(31)13(28)6-17(38-10)39-15-8-27(36,16(30)9-29)7-12-19(15)26(35)21-20(24(12)33)23(32)11-4-3-5-14(37-2)18(11)25(21)34;1-2-3-7(4,5)6/h3-5,10,13,15,17,22,29,31,33,35-36H,6-9,28H2,1-2H3;2H,1,3H2,(H,4,5,6)/t10-,13-,15-,17-,22+,27-;/m0./s1. The Morgan fingerprint density at radius 3 is 2.37 bits per heavy atom. The van der Waals surface area contributed by atoms with E-state index >= 15 is 0 Å². The van der Waals surface area contributed by atoms with E-state index in [1.807, 2.05) is 0 Å². The maximum atomic E-state index is 13.6. The van der Waals surface area contributed by atoms with Gasteiger partial charge in [-0.2, -0.15) is 8.42 Å². The number of nitrogens with two attached hydrogens (primary N) is 1. The molecule has 0 bridgehead atoms. The first-order chi connectivity index (χ1) is 21.5. The van der Waals surface area contributed by atoms with Gasteiger partial charge >= 0.3 is 0 Å². The summed E-state index contributed by atoms with van der Waals surface area (Å²) in [6.07, 6.45) is -4.00. The van der Waals surface area contributed by atoms with Crippen LogP contribution in [-0.2, 0) is 30.8 Å². The molecule has 1 aliphatic heterocycles. The Kier molecular flexibility index (Phi) is 10.1. The van der Waals surface area contributed by atoms with Crippen LogP contribution in [0.2, 0.25) is 0 Å². The van der Waals surface area contributed by atoms with Crippen LogP contribution in [-0.4, -0.2) is 105 Å². The molecule has 15 nitrogen and oxygen atoms in total. The van der Waals surface area contributed by atoms with Crippen molar-refractivity contribution < 1.29 is 67.1 Å². The lowest BCUT2D eigenvalue weighted by molar-refractivity contribution is -0.247. The zero-order chi connectivity index (χ0) is 34.3. The van der Waals surface area contributed by atoms with Gasteiger partial charge in [-0.1, -0.05) is 18.2 Å². The highest BCUT2D eigenvalue weighted by molar-refractivity contribution is 7.85. The van der Waals surface area contributed by atoms with Crippen molar-refractivity contribution in [3.63, 3.8) is 0 Å². The third-order valence-corrected chi connectivity index (χ3v) is 8.79. The molecule has 2 aromatic carbocycles. The number of ketones is 3. The number of carbonyl (C=O) groups is 3. The Hall–Kier alpha value is -3.74. The van der Waals surface area contributed by atoms with Crippen molar-refractivity contribution in [1.82, 2.24) is 0 Å². The Bertz CT molecular complexity index is 1680. The van der Waals surface area contributed by atoms with Crippen LogP contribution in [0.1, 0.15) is 68.8 Å². The highest BCUT2D eigenvalue weighted by atomic mass is 32.2. The molecule has 1 saturated heterocycles. The number of methoxy groups -OCH3 is 1. The number of rotatable bonds is 7. The van der Waals surface area contributed by atoms with Gasteiger partial charge in [0.25, 0.3) is 10.1 Å². The number of hydrogen-bond donors (Lipinski definition) is 7. The Balaban J connectivity index is 0.000000617. The minimum Gasteiger partial charge on any atom is -0.507 e. The summed E-state index contributed by atoms with van der Waals surface area (Å²) in [5.41, 5.74) is 2.37. The number of phenolic OH excluding ortho intramolecular Hbond substituents is 2. The first-order valence-corrected chi connectivity index (χ1v) is 15.6. The van der Waals surface area contributed by atoms with Crippen molar-refractivity contribution in [2.45, 2.75) is 62.4 Å². The number of hydrogen-bond acceptors (Lipinski definition) is 14. The first kappa shape index (κ1) is 35.1. The number of phenols is 2. The lowest BCUT2D eigenvalue weighted by Gasteiger charge is -2.42. The van der Waals surface area contributed by atoms with E-state index in [-0.39, 0.29) is 40.2 Å². The predicted octanol–water partition coefficient (Wildman–Crippen LogP) is 0.0615. The molecule has 0 amide bonds. The van der Waals surface area contributed by atoms with E-state index in [0.717, 1.165) is 6.08 Å². The normalized spacial score (nSPS) is 27.0. The van der Waals surface area contributed by atoms with Crippen LogP contribution < -0.4 is 10.5 Å². The van der Waals surface area contributed by atoms with Gasteiger partial charge in [0.05, 0.1) is 47.9 Å². The van der Waals surface area contributed by atoms with E-state index in [1.54, 1.807) is 6.92 Å². The Labute approximate surface area is 263 Å². The highest BCUT2D eigenvalue weighted by Gasteiger charge is 2.50. The summed E-state index contributed by atoms with van der Waals surface area (Å²) in [5, 5.41) is 53.7. The third-order valence-electron chi connectivity index (χ3n) is 8.13. The van der Waals surface area contributed by atoms with E-state index in [4.69, 9.17) is 24.5 Å². The van der Waals surface area contributed by atoms with Crippen molar-refractivity contribution in [2.75, 3.05) is 19.5 Å². The molecule has 46 heavy (non-hydrogen) atoms. The van der Waals surface area contributed by atoms with Gasteiger partial charge in [0.2, 0.25) is 5.78 Å². The average Bonchev–Trinajstić information content (AvgIpc) is 2.98. The van der Waals surface area contributed by atoms with Crippen LogP contribution in [0.3, 0.4) is 0 Å². The number of aliphatic hydroxyl groups is 3. The third kappa shape index (κ3) is 6.43. The van der Waals surface area contributed by atoms with E-state index < -0.39 is 106 Å². The van der Waals surface area contributed by atoms with E-state index in [0.29, 0.717) is 0 Å². The number of ether oxygens (including phenoxy) is 3. The minimum atomic E-state index is -3.79. The van der Waals surface area contributed by atoms with Crippen molar-refractivity contribution >= 4 is 27.5 Å². The first-order valence-electron chi connectivity index (χ1n) is 14.0. The fourth-order valence-corrected chi connectivity index (χ4v) is 6.20. The van der Waals surface area contributed by atoms with Crippen LogP contribution in [0.5, 0.6) is 17.2 Å². The van der Waals surface area contributed by atoms with Gasteiger partial charge in [-0.25, -0.2) is 0 Å². The summed E-state index contributed by atoms with van der Waals surface area (Å²) in [6, 6.07) is 3.64. The summed E-state index contributed by atoms with van der Waals surface area (Å²) in [5.74, 6) is -4.14. The van der Waals surface area contributed by atoms with Gasteiger partial charge in [-0.05, 0) is 13.0 Å². The van der Waals surface area contributed by atoms with Crippen molar-refractivity contribution in [3.05, 3.63) is 64.2 Å². The second kappa shape index (κ2) is 13.2. The lowest BCUT2D eigenvalue weighted by Crippen LogP contribution is -2.53. The Morgan fingerprint density at radius 2 is 1.83 bits per heavy atom. The number of Topliss-reactive ketones (excluding diaryl/α,β-unsaturated/α-hetero) is 1. The molecule has 5 rings (SSSR count). The number of benzene rings is 2. The molecule has 2 aliphatic carbocycles. The molecule has 8 N–H and O–H groups in total. The molecule has 0 saturated carbocycles. The van der Waals surface area contributed by atoms with E-state index in [2.05, 4.69) is 6.58 Å².